The lowest BCUT2D eigenvalue weighted by atomic mass is 10.2. The van der Waals surface area contributed by atoms with Crippen molar-refractivity contribution < 1.29 is 26.4 Å². The Morgan fingerprint density at radius 2 is 1.70 bits per heavy atom. The van der Waals surface area contributed by atoms with Crippen LogP contribution in [0.5, 0.6) is 0 Å². The number of hydrogen-bond acceptors (Lipinski definition) is 7. The maximum atomic E-state index is 12.8. The number of fused-ring (bicyclic) bond motifs is 1. The summed E-state index contributed by atoms with van der Waals surface area (Å²) in [5, 5.41) is 3.08. The number of nitrogens with one attached hydrogen (secondary N) is 2. The second-order valence-electron chi connectivity index (χ2n) is 6.66. The molecule has 0 aliphatic rings. The Kier molecular flexibility index (Phi) is 6.10. The first-order chi connectivity index (χ1) is 15.6. The molecule has 0 bridgehead atoms. The van der Waals surface area contributed by atoms with E-state index in [9.17, 15) is 26.4 Å². The predicted octanol–water partition coefficient (Wildman–Crippen LogP) is 3.85. The first-order valence-electron chi connectivity index (χ1n) is 9.27. The van der Waals surface area contributed by atoms with E-state index in [1.54, 1.807) is 0 Å². The minimum atomic E-state index is -4.68. The molecule has 0 saturated carbocycles. The molecular weight excluding hydrogens is 479 g/mol. The topological polar surface area (TPSA) is 114 Å². The monoisotopic (exact) mass is 493 g/mol. The molecule has 4 rings (SSSR count). The largest absolute Gasteiger partial charge is 0.402 e. The minimum Gasteiger partial charge on any atom is -0.321 e. The standard InChI is InChI=1S/C20H14F3N5O3S2/c21-20(22,23)11-26-33(30,31)13-7-5-12(6-8-13)27-18(29)16-17(25-10-9-24-16)19-28-14-3-1-2-4-15(14)32-19/h1-10,26H,11H2,(H,27,29). The van der Waals surface area contributed by atoms with E-state index in [0.717, 1.165) is 22.3 Å². The second kappa shape index (κ2) is 8.84. The molecule has 0 aliphatic carbocycles. The van der Waals surface area contributed by atoms with Crippen LogP contribution in [0.3, 0.4) is 0 Å². The van der Waals surface area contributed by atoms with Crippen LogP contribution in [-0.4, -0.2) is 42.0 Å². The first kappa shape index (κ1) is 22.8. The molecule has 0 atom stereocenters. The molecule has 0 spiro atoms. The van der Waals surface area contributed by atoms with E-state index in [0.29, 0.717) is 5.01 Å². The van der Waals surface area contributed by atoms with Crippen molar-refractivity contribution in [3.05, 3.63) is 66.6 Å². The maximum absolute atomic E-state index is 12.8. The van der Waals surface area contributed by atoms with Crippen LogP contribution in [0.2, 0.25) is 0 Å². The first-order valence-corrected chi connectivity index (χ1v) is 11.6. The summed E-state index contributed by atoms with van der Waals surface area (Å²) >= 11 is 1.35. The Balaban J connectivity index is 1.54. The number of sulfonamides is 1. The fourth-order valence-corrected chi connectivity index (χ4v) is 4.78. The van der Waals surface area contributed by atoms with Crippen molar-refractivity contribution in [1.29, 1.82) is 0 Å². The Bertz CT molecular complexity index is 1390. The Labute approximate surface area is 189 Å². The average Bonchev–Trinajstić information content (AvgIpc) is 3.22. The number of amides is 1. The second-order valence-corrected chi connectivity index (χ2v) is 9.46. The number of aromatic nitrogens is 3. The van der Waals surface area contributed by atoms with Crippen molar-refractivity contribution in [1.82, 2.24) is 19.7 Å². The number of rotatable bonds is 6. The molecule has 13 heteroatoms. The molecule has 2 aromatic carbocycles. The van der Waals surface area contributed by atoms with E-state index in [1.165, 1.54) is 40.6 Å². The van der Waals surface area contributed by atoms with Crippen LogP contribution < -0.4 is 10.0 Å². The molecule has 8 nitrogen and oxygen atoms in total. The van der Waals surface area contributed by atoms with Gasteiger partial charge in [-0.25, -0.2) is 28.1 Å². The quantitative estimate of drug-likeness (QED) is 0.422. The van der Waals surface area contributed by atoms with Crippen LogP contribution in [0.1, 0.15) is 10.5 Å². The number of anilines is 1. The third-order valence-corrected chi connectivity index (χ3v) is 6.76. The van der Waals surface area contributed by atoms with Gasteiger partial charge in [0.25, 0.3) is 5.91 Å². The molecule has 33 heavy (non-hydrogen) atoms. The van der Waals surface area contributed by atoms with Gasteiger partial charge in [0, 0.05) is 18.1 Å². The molecule has 0 unspecified atom stereocenters. The Morgan fingerprint density at radius 3 is 2.39 bits per heavy atom. The molecular formula is C20H14F3N5O3S2. The highest BCUT2D eigenvalue weighted by Gasteiger charge is 2.30. The average molecular weight is 493 g/mol. The highest BCUT2D eigenvalue weighted by molar-refractivity contribution is 7.89. The highest BCUT2D eigenvalue weighted by Crippen LogP contribution is 2.30. The molecule has 2 aromatic heterocycles. The highest BCUT2D eigenvalue weighted by atomic mass is 32.2. The number of carbonyl (C=O) groups excluding carboxylic acids is 1. The zero-order valence-corrected chi connectivity index (χ0v) is 18.1. The smallest absolute Gasteiger partial charge is 0.321 e. The summed E-state index contributed by atoms with van der Waals surface area (Å²) in [6, 6.07) is 12.1. The van der Waals surface area contributed by atoms with Gasteiger partial charge in [0.1, 0.15) is 17.2 Å². The van der Waals surface area contributed by atoms with Gasteiger partial charge in [0.05, 0.1) is 15.1 Å². The molecule has 4 aromatic rings. The molecule has 2 N–H and O–H groups in total. The van der Waals surface area contributed by atoms with Crippen LogP contribution in [-0.2, 0) is 10.0 Å². The zero-order chi connectivity index (χ0) is 23.6. The van der Waals surface area contributed by atoms with Crippen molar-refractivity contribution in [3.8, 4) is 10.7 Å². The SMILES string of the molecule is O=C(Nc1ccc(S(=O)(=O)NCC(F)(F)F)cc1)c1nccnc1-c1nc2ccccc2s1. The summed E-state index contributed by atoms with van der Waals surface area (Å²) < 4.78 is 63.3. The predicted molar refractivity (Wildman–Crippen MR) is 116 cm³/mol. The van der Waals surface area contributed by atoms with Gasteiger partial charge < -0.3 is 5.32 Å². The molecule has 0 radical (unpaired) electrons. The van der Waals surface area contributed by atoms with Crippen LogP contribution in [0.25, 0.3) is 20.9 Å². The van der Waals surface area contributed by atoms with Gasteiger partial charge >= 0.3 is 6.18 Å². The molecule has 170 valence electrons. The van der Waals surface area contributed by atoms with Crippen molar-refractivity contribution in [3.63, 3.8) is 0 Å². The number of benzene rings is 2. The lowest BCUT2D eigenvalue weighted by Gasteiger charge is -2.10. The van der Waals surface area contributed by atoms with Gasteiger partial charge in [-0.1, -0.05) is 12.1 Å². The summed E-state index contributed by atoms with van der Waals surface area (Å²) in [7, 11) is -4.36. The van der Waals surface area contributed by atoms with Crippen molar-refractivity contribution in [2.45, 2.75) is 11.1 Å². The fraction of sp³-hybridized carbons (Fsp3) is 0.100. The number of hydrogen-bond donors (Lipinski definition) is 2. The lowest BCUT2D eigenvalue weighted by Crippen LogP contribution is -2.33. The lowest BCUT2D eigenvalue weighted by molar-refractivity contribution is -0.121. The van der Waals surface area contributed by atoms with Crippen LogP contribution in [0.15, 0.2) is 65.8 Å². The van der Waals surface area contributed by atoms with Gasteiger partial charge in [-0.3, -0.25) is 4.79 Å². The van der Waals surface area contributed by atoms with E-state index < -0.39 is 28.7 Å². The summed E-state index contributed by atoms with van der Waals surface area (Å²) in [5.74, 6) is -0.608. The fourth-order valence-electron chi connectivity index (χ4n) is 2.80. The van der Waals surface area contributed by atoms with Crippen molar-refractivity contribution in [2.24, 2.45) is 0 Å². The summed E-state index contributed by atoms with van der Waals surface area (Å²) in [4.78, 5) is 25.3. The Morgan fingerprint density at radius 1 is 1.00 bits per heavy atom. The molecule has 2 heterocycles. The summed E-state index contributed by atoms with van der Waals surface area (Å²) in [5.41, 5.74) is 1.27. The third-order valence-electron chi connectivity index (χ3n) is 4.29. The molecule has 0 fully saturated rings. The van der Waals surface area contributed by atoms with E-state index in [-0.39, 0.29) is 22.0 Å². The van der Waals surface area contributed by atoms with E-state index in [1.807, 2.05) is 24.3 Å². The molecule has 0 saturated heterocycles. The molecule has 0 aliphatic heterocycles. The van der Waals surface area contributed by atoms with E-state index >= 15 is 0 Å². The summed E-state index contributed by atoms with van der Waals surface area (Å²) in [6.45, 7) is -1.69. The van der Waals surface area contributed by atoms with E-state index in [4.69, 9.17) is 0 Å². The van der Waals surface area contributed by atoms with Gasteiger partial charge in [-0.2, -0.15) is 13.2 Å². The van der Waals surface area contributed by atoms with Gasteiger partial charge in [-0.15, -0.1) is 11.3 Å². The van der Waals surface area contributed by atoms with Crippen LogP contribution in [0.4, 0.5) is 18.9 Å². The number of carbonyl (C=O) groups is 1. The molecule has 1 amide bonds. The van der Waals surface area contributed by atoms with Crippen LogP contribution in [0, 0.1) is 0 Å². The summed E-state index contributed by atoms with van der Waals surface area (Å²) in [6.07, 6.45) is -1.89. The Hall–Kier alpha value is -3.42. The number of alkyl halides is 3. The van der Waals surface area contributed by atoms with Crippen LogP contribution >= 0.6 is 11.3 Å². The van der Waals surface area contributed by atoms with E-state index in [2.05, 4.69) is 20.3 Å². The third kappa shape index (κ3) is 5.32. The number of para-hydroxylation sites is 1. The van der Waals surface area contributed by atoms with Crippen molar-refractivity contribution in [2.75, 3.05) is 11.9 Å². The normalized spacial score (nSPS) is 12.1. The van der Waals surface area contributed by atoms with Gasteiger partial charge in [-0.05, 0) is 36.4 Å². The number of thiazole rings is 1. The number of nitrogens with zero attached hydrogens (tertiary/aromatic N) is 3. The van der Waals surface area contributed by atoms with Gasteiger partial charge in [0.2, 0.25) is 10.0 Å². The number of halogens is 3. The van der Waals surface area contributed by atoms with Crippen molar-refractivity contribution >= 4 is 43.2 Å². The van der Waals surface area contributed by atoms with Gasteiger partial charge in [0.15, 0.2) is 5.69 Å². The maximum Gasteiger partial charge on any atom is 0.402 e. The minimum absolute atomic E-state index is 0.0140. The zero-order valence-electron chi connectivity index (χ0n) is 16.5.